The molecule has 0 aliphatic rings. The maximum atomic E-state index is 13.9. The van der Waals surface area contributed by atoms with Crippen LogP contribution in [0, 0.1) is 6.92 Å². The van der Waals surface area contributed by atoms with Crippen molar-refractivity contribution >= 4 is 55.1 Å². The van der Waals surface area contributed by atoms with Crippen molar-refractivity contribution < 1.29 is 18.0 Å². The summed E-state index contributed by atoms with van der Waals surface area (Å²) in [5, 5.41) is 3.29. The van der Waals surface area contributed by atoms with E-state index in [1.54, 1.807) is 37.3 Å². The highest BCUT2D eigenvalue weighted by Crippen LogP contribution is 2.28. The number of carbonyl (C=O) groups excluding carboxylic acids is 2. The molecule has 39 heavy (non-hydrogen) atoms. The van der Waals surface area contributed by atoms with Gasteiger partial charge in [-0.3, -0.25) is 13.9 Å². The molecule has 3 aromatic rings. The first kappa shape index (κ1) is 30.7. The number of anilines is 1. The molecular formula is C29H33BrClN3O4S. The second kappa shape index (κ2) is 12.5. The maximum absolute atomic E-state index is 13.9. The molecule has 3 aromatic carbocycles. The van der Waals surface area contributed by atoms with Gasteiger partial charge in [-0.25, -0.2) is 8.42 Å². The largest absolute Gasteiger partial charge is 0.350 e. The van der Waals surface area contributed by atoms with Crippen LogP contribution in [0.5, 0.6) is 0 Å². The summed E-state index contributed by atoms with van der Waals surface area (Å²) in [4.78, 5) is 28.5. The third kappa shape index (κ3) is 8.06. The van der Waals surface area contributed by atoms with Crippen LogP contribution in [0.25, 0.3) is 0 Å². The summed E-state index contributed by atoms with van der Waals surface area (Å²) in [6.07, 6.45) is 0. The van der Waals surface area contributed by atoms with Gasteiger partial charge in [-0.05, 0) is 82.1 Å². The Morgan fingerprint density at radius 1 is 1.00 bits per heavy atom. The minimum atomic E-state index is -4.15. The lowest BCUT2D eigenvalue weighted by Gasteiger charge is -2.33. The molecule has 0 saturated heterocycles. The smallest absolute Gasteiger partial charge is 0.264 e. The van der Waals surface area contributed by atoms with Gasteiger partial charge in [0.2, 0.25) is 11.8 Å². The molecule has 0 spiro atoms. The number of nitrogens with one attached hydrogen (secondary N) is 1. The summed E-state index contributed by atoms with van der Waals surface area (Å²) in [5.41, 5.74) is 1.29. The van der Waals surface area contributed by atoms with E-state index in [2.05, 4.69) is 21.2 Å². The number of carbonyl (C=O) groups is 2. The number of hydrogen-bond acceptors (Lipinski definition) is 4. The summed E-state index contributed by atoms with van der Waals surface area (Å²) in [7, 11) is -4.15. The third-order valence-electron chi connectivity index (χ3n) is 5.99. The Morgan fingerprint density at radius 3 is 2.18 bits per heavy atom. The molecule has 0 aromatic heterocycles. The molecule has 0 aliphatic carbocycles. The fraction of sp³-hybridized carbons (Fsp3) is 0.310. The van der Waals surface area contributed by atoms with E-state index in [0.29, 0.717) is 5.02 Å². The van der Waals surface area contributed by atoms with Crippen LogP contribution in [0.1, 0.15) is 38.8 Å². The van der Waals surface area contributed by atoms with Crippen molar-refractivity contribution in [3.63, 3.8) is 0 Å². The predicted molar refractivity (Wildman–Crippen MR) is 159 cm³/mol. The van der Waals surface area contributed by atoms with E-state index in [0.717, 1.165) is 19.9 Å². The molecular weight excluding hydrogens is 602 g/mol. The quantitative estimate of drug-likeness (QED) is 0.316. The van der Waals surface area contributed by atoms with Gasteiger partial charge in [-0.15, -0.1) is 0 Å². The Labute approximate surface area is 244 Å². The Kier molecular flexibility index (Phi) is 9.85. The van der Waals surface area contributed by atoms with Crippen LogP contribution in [0.15, 0.2) is 82.2 Å². The molecule has 0 aliphatic heterocycles. The lowest BCUT2D eigenvalue weighted by molar-refractivity contribution is -0.140. The molecule has 1 unspecified atom stereocenters. The van der Waals surface area contributed by atoms with Crippen LogP contribution < -0.4 is 9.62 Å². The second-order valence-corrected chi connectivity index (χ2v) is 13.5. The summed E-state index contributed by atoms with van der Waals surface area (Å²) in [6.45, 7) is 8.59. The minimum Gasteiger partial charge on any atom is -0.350 e. The van der Waals surface area contributed by atoms with Crippen LogP contribution in [0.3, 0.4) is 0 Å². The Morgan fingerprint density at radius 2 is 1.62 bits per heavy atom. The highest BCUT2D eigenvalue weighted by Gasteiger charge is 2.33. The van der Waals surface area contributed by atoms with Crippen molar-refractivity contribution in [2.45, 2.75) is 57.6 Å². The number of nitrogens with zero attached hydrogens (tertiary/aromatic N) is 2. The van der Waals surface area contributed by atoms with E-state index < -0.39 is 34.1 Å². The molecule has 1 atom stereocenters. The van der Waals surface area contributed by atoms with Gasteiger partial charge >= 0.3 is 0 Å². The van der Waals surface area contributed by atoms with E-state index in [9.17, 15) is 18.0 Å². The van der Waals surface area contributed by atoms with Crippen molar-refractivity contribution in [2.75, 3.05) is 10.8 Å². The molecule has 1 N–H and O–H groups in total. The average Bonchev–Trinajstić information content (AvgIpc) is 2.87. The topological polar surface area (TPSA) is 86.8 Å². The lowest BCUT2D eigenvalue weighted by atomic mass is 10.1. The van der Waals surface area contributed by atoms with Gasteiger partial charge in [0.25, 0.3) is 10.0 Å². The van der Waals surface area contributed by atoms with Crippen molar-refractivity contribution in [3.05, 3.63) is 93.4 Å². The molecule has 0 radical (unpaired) electrons. The summed E-state index contributed by atoms with van der Waals surface area (Å²) >= 11 is 9.76. The number of aryl methyl sites for hydroxylation is 1. The third-order valence-corrected chi connectivity index (χ3v) is 8.71. The minimum absolute atomic E-state index is 0.0347. The second-order valence-electron chi connectivity index (χ2n) is 10.3. The molecule has 0 bridgehead atoms. The standard InChI is InChI=1S/C29H33BrClN3O4S/c1-20-11-16-24(17-26(20)31)34(39(37,38)25-9-7-6-8-10-25)19-27(35)33(18-22-12-14-23(30)15-13-22)21(2)28(36)32-29(3,4)5/h6-17,21H,18-19H2,1-5H3,(H,32,36). The highest BCUT2D eigenvalue weighted by molar-refractivity contribution is 9.10. The van der Waals surface area contributed by atoms with E-state index in [1.807, 2.05) is 52.0 Å². The first-order valence-electron chi connectivity index (χ1n) is 12.4. The first-order valence-corrected chi connectivity index (χ1v) is 15.0. The molecule has 0 heterocycles. The number of halogens is 2. The molecule has 7 nitrogen and oxygen atoms in total. The molecule has 0 fully saturated rings. The van der Waals surface area contributed by atoms with Gasteiger partial charge in [0, 0.05) is 21.6 Å². The number of rotatable bonds is 9. The van der Waals surface area contributed by atoms with Crippen molar-refractivity contribution in [2.24, 2.45) is 0 Å². The number of sulfonamides is 1. The SMILES string of the molecule is Cc1ccc(N(CC(=O)N(Cc2ccc(Br)cc2)C(C)C(=O)NC(C)(C)C)S(=O)(=O)c2ccccc2)cc1Cl. The summed E-state index contributed by atoms with van der Waals surface area (Å²) in [6, 6.07) is 19.3. The fourth-order valence-corrected chi connectivity index (χ4v) is 5.69. The van der Waals surface area contributed by atoms with E-state index in [1.165, 1.54) is 23.1 Å². The van der Waals surface area contributed by atoms with Crippen LogP contribution in [-0.2, 0) is 26.2 Å². The highest BCUT2D eigenvalue weighted by atomic mass is 79.9. The van der Waals surface area contributed by atoms with E-state index in [4.69, 9.17) is 11.6 Å². The molecule has 10 heteroatoms. The number of hydrogen-bond donors (Lipinski definition) is 1. The van der Waals surface area contributed by atoms with Gasteiger partial charge in [-0.2, -0.15) is 0 Å². The maximum Gasteiger partial charge on any atom is 0.264 e. The Balaban J connectivity index is 2.04. The predicted octanol–water partition coefficient (Wildman–Crippen LogP) is 5.94. The Hall–Kier alpha value is -2.88. The zero-order chi connectivity index (χ0) is 29.0. The van der Waals surface area contributed by atoms with Gasteiger partial charge in [0.1, 0.15) is 12.6 Å². The van der Waals surface area contributed by atoms with Crippen LogP contribution >= 0.6 is 27.5 Å². The zero-order valence-electron chi connectivity index (χ0n) is 22.6. The monoisotopic (exact) mass is 633 g/mol. The normalized spacial score (nSPS) is 12.5. The average molecular weight is 635 g/mol. The van der Waals surface area contributed by atoms with Crippen LogP contribution in [-0.4, -0.2) is 43.3 Å². The number of amides is 2. The molecule has 2 amide bonds. The fourth-order valence-electron chi connectivity index (χ4n) is 3.83. The van der Waals surface area contributed by atoms with E-state index in [-0.39, 0.29) is 23.0 Å². The van der Waals surface area contributed by atoms with Crippen LogP contribution in [0.2, 0.25) is 5.02 Å². The van der Waals surface area contributed by atoms with Gasteiger partial charge in [0.05, 0.1) is 10.6 Å². The zero-order valence-corrected chi connectivity index (χ0v) is 25.8. The summed E-state index contributed by atoms with van der Waals surface area (Å²) < 4.78 is 29.5. The Bertz CT molecular complexity index is 1430. The lowest BCUT2D eigenvalue weighted by Crippen LogP contribution is -2.54. The van der Waals surface area contributed by atoms with Crippen molar-refractivity contribution in [1.82, 2.24) is 10.2 Å². The molecule has 0 saturated carbocycles. The first-order chi connectivity index (χ1) is 18.2. The van der Waals surface area contributed by atoms with Crippen LogP contribution in [0.4, 0.5) is 5.69 Å². The van der Waals surface area contributed by atoms with Gasteiger partial charge in [0.15, 0.2) is 0 Å². The molecule has 208 valence electrons. The summed E-state index contributed by atoms with van der Waals surface area (Å²) in [5.74, 6) is -0.880. The number of benzene rings is 3. The van der Waals surface area contributed by atoms with Crippen molar-refractivity contribution in [3.8, 4) is 0 Å². The van der Waals surface area contributed by atoms with E-state index >= 15 is 0 Å². The van der Waals surface area contributed by atoms with Crippen molar-refractivity contribution in [1.29, 1.82) is 0 Å². The van der Waals surface area contributed by atoms with Gasteiger partial charge < -0.3 is 10.2 Å². The van der Waals surface area contributed by atoms with Gasteiger partial charge in [-0.1, -0.05) is 63.9 Å². The molecule has 3 rings (SSSR count).